The zero-order valence-corrected chi connectivity index (χ0v) is 18.5. The first-order valence-corrected chi connectivity index (χ1v) is 11.4. The van der Waals surface area contributed by atoms with Crippen LogP contribution in [-0.4, -0.2) is 53.1 Å². The Kier molecular flexibility index (Phi) is 6.59. The van der Waals surface area contributed by atoms with Crippen molar-refractivity contribution >= 4 is 11.7 Å². The van der Waals surface area contributed by atoms with Crippen LogP contribution in [0.4, 0.5) is 5.82 Å². The molecule has 0 spiro atoms. The molecule has 7 nitrogen and oxygen atoms in total. The Hall–Kier alpha value is -2.83. The molecule has 2 aliphatic heterocycles. The van der Waals surface area contributed by atoms with Crippen LogP contribution in [0.2, 0.25) is 0 Å². The van der Waals surface area contributed by atoms with Crippen LogP contribution in [-0.2, 0) is 13.0 Å². The molecule has 0 unspecified atom stereocenters. The SMILES string of the molecule is CC(C)COc1cc(=O)n2c(c1C(=O)N1CCN(c3ccccn3)CC1)CCCCC2. The highest BCUT2D eigenvalue weighted by Gasteiger charge is 2.29. The molecule has 2 aliphatic rings. The van der Waals surface area contributed by atoms with Gasteiger partial charge in [-0.3, -0.25) is 9.59 Å². The van der Waals surface area contributed by atoms with Crippen molar-refractivity contribution in [1.29, 1.82) is 0 Å². The van der Waals surface area contributed by atoms with Gasteiger partial charge in [-0.05, 0) is 37.3 Å². The third-order valence-corrected chi connectivity index (χ3v) is 6.00. The first-order valence-electron chi connectivity index (χ1n) is 11.4. The number of carbonyl (C=O) groups excluding carboxylic acids is 1. The predicted molar refractivity (Wildman–Crippen MR) is 121 cm³/mol. The average molecular weight is 425 g/mol. The number of carbonyl (C=O) groups is 1. The van der Waals surface area contributed by atoms with Gasteiger partial charge in [0.05, 0.1) is 6.61 Å². The van der Waals surface area contributed by atoms with Crippen LogP contribution in [0.15, 0.2) is 35.3 Å². The van der Waals surface area contributed by atoms with E-state index >= 15 is 0 Å². The van der Waals surface area contributed by atoms with E-state index in [4.69, 9.17) is 4.74 Å². The second kappa shape index (κ2) is 9.54. The molecule has 1 saturated heterocycles. The van der Waals surface area contributed by atoms with Crippen molar-refractivity contribution in [3.63, 3.8) is 0 Å². The summed E-state index contributed by atoms with van der Waals surface area (Å²) in [4.78, 5) is 35.0. The van der Waals surface area contributed by atoms with Crippen LogP contribution < -0.4 is 15.2 Å². The number of hydrogen-bond acceptors (Lipinski definition) is 5. The van der Waals surface area contributed by atoms with Crippen LogP contribution in [0.3, 0.4) is 0 Å². The number of piperazine rings is 1. The molecule has 166 valence electrons. The van der Waals surface area contributed by atoms with Gasteiger partial charge in [-0.2, -0.15) is 0 Å². The summed E-state index contributed by atoms with van der Waals surface area (Å²) >= 11 is 0. The molecule has 0 atom stereocenters. The fourth-order valence-corrected chi connectivity index (χ4v) is 4.35. The molecule has 0 aliphatic carbocycles. The Morgan fingerprint density at radius 3 is 2.61 bits per heavy atom. The normalized spacial score (nSPS) is 16.7. The van der Waals surface area contributed by atoms with E-state index in [-0.39, 0.29) is 11.5 Å². The number of nitrogens with zero attached hydrogens (tertiary/aromatic N) is 4. The number of pyridine rings is 2. The molecular formula is C24H32N4O3. The maximum absolute atomic E-state index is 13.7. The van der Waals surface area contributed by atoms with E-state index in [0.717, 1.165) is 50.3 Å². The summed E-state index contributed by atoms with van der Waals surface area (Å²) in [6, 6.07) is 7.41. The first-order chi connectivity index (χ1) is 15.0. The summed E-state index contributed by atoms with van der Waals surface area (Å²) in [5.41, 5.74) is 1.38. The Bertz CT molecular complexity index is 963. The Balaban J connectivity index is 1.61. The van der Waals surface area contributed by atoms with Gasteiger partial charge < -0.3 is 19.1 Å². The minimum absolute atomic E-state index is 0.0231. The van der Waals surface area contributed by atoms with Crippen LogP contribution in [0, 0.1) is 5.92 Å². The molecule has 2 aromatic heterocycles. The van der Waals surface area contributed by atoms with Crippen molar-refractivity contribution in [2.75, 3.05) is 37.7 Å². The molecule has 2 aromatic rings. The molecule has 0 radical (unpaired) electrons. The van der Waals surface area contributed by atoms with Crippen LogP contribution in [0.25, 0.3) is 0 Å². The summed E-state index contributed by atoms with van der Waals surface area (Å²) in [7, 11) is 0. The molecule has 1 amide bonds. The molecule has 1 fully saturated rings. The number of fused-ring (bicyclic) bond motifs is 1. The number of hydrogen-bond donors (Lipinski definition) is 0. The standard InChI is InChI=1S/C24H32N4O3/c1-18(2)17-31-20-16-22(29)28-11-7-3-4-8-19(28)23(20)24(30)27-14-12-26(13-15-27)21-9-5-6-10-25-21/h5-6,9-10,16,18H,3-4,7-8,11-15,17H2,1-2H3. The van der Waals surface area contributed by atoms with Crippen LogP contribution in [0.1, 0.15) is 49.2 Å². The number of aromatic nitrogens is 2. The summed E-state index contributed by atoms with van der Waals surface area (Å²) in [5.74, 6) is 1.68. The third kappa shape index (κ3) is 4.75. The quantitative estimate of drug-likeness (QED) is 0.738. The average Bonchev–Trinajstić information content (AvgIpc) is 3.05. The van der Waals surface area contributed by atoms with Crippen molar-refractivity contribution < 1.29 is 9.53 Å². The van der Waals surface area contributed by atoms with E-state index < -0.39 is 0 Å². The zero-order valence-electron chi connectivity index (χ0n) is 18.5. The highest BCUT2D eigenvalue weighted by molar-refractivity contribution is 5.98. The molecule has 0 bridgehead atoms. The predicted octanol–water partition coefficient (Wildman–Crippen LogP) is 2.97. The Morgan fingerprint density at radius 2 is 1.90 bits per heavy atom. The minimum atomic E-state index is -0.0628. The van der Waals surface area contributed by atoms with Gasteiger partial charge in [0.15, 0.2) is 0 Å². The van der Waals surface area contributed by atoms with Gasteiger partial charge in [0.25, 0.3) is 11.5 Å². The molecule has 0 aromatic carbocycles. The van der Waals surface area contributed by atoms with Gasteiger partial charge >= 0.3 is 0 Å². The lowest BCUT2D eigenvalue weighted by atomic mass is 10.0. The van der Waals surface area contributed by atoms with Gasteiger partial charge in [-0.25, -0.2) is 4.98 Å². The maximum Gasteiger partial charge on any atom is 0.259 e. The molecule has 0 saturated carbocycles. The van der Waals surface area contributed by atoms with Crippen LogP contribution in [0.5, 0.6) is 5.75 Å². The summed E-state index contributed by atoms with van der Waals surface area (Å²) < 4.78 is 7.81. The highest BCUT2D eigenvalue weighted by atomic mass is 16.5. The fraction of sp³-hybridized carbons (Fsp3) is 0.542. The van der Waals surface area contributed by atoms with Crippen molar-refractivity contribution in [2.45, 2.75) is 46.1 Å². The number of ether oxygens (including phenoxy) is 1. The monoisotopic (exact) mass is 424 g/mol. The van der Waals surface area contributed by atoms with E-state index in [1.54, 1.807) is 10.8 Å². The number of rotatable bonds is 5. The third-order valence-electron chi connectivity index (χ3n) is 6.00. The Morgan fingerprint density at radius 1 is 1.10 bits per heavy atom. The smallest absolute Gasteiger partial charge is 0.259 e. The Labute approximate surface area is 183 Å². The van der Waals surface area contributed by atoms with Gasteiger partial charge in [-0.1, -0.05) is 26.3 Å². The molecule has 4 rings (SSSR count). The van der Waals surface area contributed by atoms with Crippen molar-refractivity contribution in [2.24, 2.45) is 5.92 Å². The molecule has 0 N–H and O–H groups in total. The van der Waals surface area contributed by atoms with E-state index in [1.807, 2.05) is 23.1 Å². The van der Waals surface area contributed by atoms with Gasteiger partial charge in [0, 0.05) is 50.7 Å². The summed E-state index contributed by atoms with van der Waals surface area (Å²) in [6.07, 6.45) is 5.56. The number of amides is 1. The molecule has 7 heteroatoms. The lowest BCUT2D eigenvalue weighted by Crippen LogP contribution is -2.49. The highest BCUT2D eigenvalue weighted by Crippen LogP contribution is 2.27. The fourth-order valence-electron chi connectivity index (χ4n) is 4.35. The molecular weight excluding hydrogens is 392 g/mol. The minimum Gasteiger partial charge on any atom is -0.492 e. The summed E-state index contributed by atoms with van der Waals surface area (Å²) in [6.45, 7) is 8.00. The lowest BCUT2D eigenvalue weighted by molar-refractivity contribution is 0.0738. The van der Waals surface area contributed by atoms with Gasteiger partial charge in [0.1, 0.15) is 17.1 Å². The van der Waals surface area contributed by atoms with Crippen molar-refractivity contribution in [3.05, 3.63) is 52.1 Å². The lowest BCUT2D eigenvalue weighted by Gasteiger charge is -2.36. The zero-order chi connectivity index (χ0) is 21.8. The second-order valence-corrected chi connectivity index (χ2v) is 8.80. The topological polar surface area (TPSA) is 67.7 Å². The van der Waals surface area contributed by atoms with E-state index in [2.05, 4.69) is 23.7 Å². The number of anilines is 1. The molecule has 31 heavy (non-hydrogen) atoms. The van der Waals surface area contributed by atoms with Crippen molar-refractivity contribution in [1.82, 2.24) is 14.5 Å². The molecule has 4 heterocycles. The van der Waals surface area contributed by atoms with Crippen LogP contribution >= 0.6 is 0 Å². The maximum atomic E-state index is 13.7. The van der Waals surface area contributed by atoms with E-state index in [9.17, 15) is 9.59 Å². The van der Waals surface area contributed by atoms with Crippen molar-refractivity contribution in [3.8, 4) is 5.75 Å². The largest absolute Gasteiger partial charge is 0.492 e. The first kappa shape index (κ1) is 21.4. The second-order valence-electron chi connectivity index (χ2n) is 8.80. The van der Waals surface area contributed by atoms with Gasteiger partial charge in [-0.15, -0.1) is 0 Å². The summed E-state index contributed by atoms with van der Waals surface area (Å²) in [5, 5.41) is 0. The van der Waals surface area contributed by atoms with Gasteiger partial charge in [0.2, 0.25) is 0 Å². The van der Waals surface area contributed by atoms with E-state index in [1.165, 1.54) is 6.07 Å². The van der Waals surface area contributed by atoms with E-state index in [0.29, 0.717) is 43.5 Å².